The summed E-state index contributed by atoms with van der Waals surface area (Å²) in [5.74, 6) is -0.829. The van der Waals surface area contributed by atoms with E-state index in [1.165, 1.54) is 12.1 Å². The van der Waals surface area contributed by atoms with Gasteiger partial charge in [-0.05, 0) is 38.1 Å². The number of pyridine rings is 1. The number of halogens is 1. The lowest BCUT2D eigenvalue weighted by Gasteiger charge is -2.08. The number of hydrogen-bond acceptors (Lipinski definition) is 3. The molecule has 5 nitrogen and oxygen atoms in total. The average Bonchev–Trinajstić information content (AvgIpc) is 3.14. The summed E-state index contributed by atoms with van der Waals surface area (Å²) in [6, 6.07) is 20.2. The van der Waals surface area contributed by atoms with Crippen molar-refractivity contribution < 1.29 is 9.18 Å². The highest BCUT2D eigenvalue weighted by Gasteiger charge is 2.18. The topological polar surface area (TPSA) is 59.8 Å². The monoisotopic (exact) mass is 424 g/mol. The second-order valence-electron chi connectivity index (χ2n) is 7.94. The maximum atomic E-state index is 14.0. The number of carbonyl (C=O) groups excluding carboxylic acids is 1. The maximum Gasteiger partial charge on any atom is 0.246 e. The Bertz CT molecular complexity index is 1470. The molecule has 6 heteroatoms. The number of amides is 1. The Hall–Kier alpha value is -4.06. The van der Waals surface area contributed by atoms with Crippen LogP contribution >= 0.6 is 0 Å². The summed E-state index contributed by atoms with van der Waals surface area (Å²) in [6.45, 7) is 4.00. The van der Waals surface area contributed by atoms with Crippen molar-refractivity contribution in [1.82, 2.24) is 14.8 Å². The molecule has 5 aromatic rings. The van der Waals surface area contributed by atoms with Crippen molar-refractivity contribution in [3.05, 3.63) is 89.9 Å². The van der Waals surface area contributed by atoms with Gasteiger partial charge < -0.3 is 5.32 Å². The standard InChI is InChI=1S/C26H21FN4O/c1-16-7-10-18(11-8-16)25-20-14-28-22-12-9-17(2)13-19(22)26(20)31(30-25)15-24(32)29-23-6-4-3-5-21(23)27/h3-14H,15H2,1-2H3,(H,29,32). The van der Waals surface area contributed by atoms with E-state index in [2.05, 4.69) is 16.4 Å². The van der Waals surface area contributed by atoms with E-state index in [0.717, 1.165) is 44.2 Å². The van der Waals surface area contributed by atoms with Crippen LogP contribution in [-0.4, -0.2) is 20.7 Å². The summed E-state index contributed by atoms with van der Waals surface area (Å²) >= 11 is 0. The Labute approximate surface area is 184 Å². The molecule has 0 aliphatic rings. The first-order valence-corrected chi connectivity index (χ1v) is 10.4. The van der Waals surface area contributed by atoms with Crippen LogP contribution in [-0.2, 0) is 11.3 Å². The zero-order valence-corrected chi connectivity index (χ0v) is 17.8. The summed E-state index contributed by atoms with van der Waals surface area (Å²) in [6.07, 6.45) is 1.81. The molecule has 0 spiro atoms. The Balaban J connectivity index is 1.65. The van der Waals surface area contributed by atoms with Gasteiger partial charge in [-0.3, -0.25) is 14.5 Å². The molecule has 1 N–H and O–H groups in total. The molecule has 0 radical (unpaired) electrons. The SMILES string of the molecule is Cc1ccc(-c2nn(CC(=O)Nc3ccccc3F)c3c2cnc2ccc(C)cc23)cc1. The minimum Gasteiger partial charge on any atom is -0.322 e. The van der Waals surface area contributed by atoms with Crippen molar-refractivity contribution in [2.45, 2.75) is 20.4 Å². The Morgan fingerprint density at radius 2 is 1.72 bits per heavy atom. The lowest BCUT2D eigenvalue weighted by molar-refractivity contribution is -0.116. The molecule has 0 fully saturated rings. The van der Waals surface area contributed by atoms with E-state index >= 15 is 0 Å². The number of carbonyl (C=O) groups is 1. The smallest absolute Gasteiger partial charge is 0.246 e. The predicted octanol–water partition coefficient (Wildman–Crippen LogP) is 5.65. The van der Waals surface area contributed by atoms with Gasteiger partial charge in [0.1, 0.15) is 18.1 Å². The number of benzene rings is 3. The van der Waals surface area contributed by atoms with Gasteiger partial charge in [0, 0.05) is 22.5 Å². The molecule has 0 atom stereocenters. The molecule has 0 aliphatic heterocycles. The van der Waals surface area contributed by atoms with E-state index in [1.807, 2.05) is 50.2 Å². The van der Waals surface area contributed by atoms with Crippen LogP contribution < -0.4 is 5.32 Å². The van der Waals surface area contributed by atoms with Crippen molar-refractivity contribution in [3.8, 4) is 11.3 Å². The third-order valence-electron chi connectivity index (χ3n) is 5.50. The molecule has 158 valence electrons. The van der Waals surface area contributed by atoms with Gasteiger partial charge in [0.05, 0.1) is 16.7 Å². The van der Waals surface area contributed by atoms with Gasteiger partial charge in [-0.2, -0.15) is 5.10 Å². The maximum absolute atomic E-state index is 14.0. The molecule has 0 unspecified atom stereocenters. The molecule has 2 aromatic heterocycles. The second kappa shape index (κ2) is 7.89. The molecule has 2 heterocycles. The van der Waals surface area contributed by atoms with Crippen LogP contribution in [0, 0.1) is 19.7 Å². The Kier molecular flexibility index (Phi) is 4.90. The molecular weight excluding hydrogens is 403 g/mol. The lowest BCUT2D eigenvalue weighted by Crippen LogP contribution is -2.20. The van der Waals surface area contributed by atoms with Gasteiger partial charge in [0.15, 0.2) is 0 Å². The minimum absolute atomic E-state index is 0.0518. The number of hydrogen-bond donors (Lipinski definition) is 1. The van der Waals surface area contributed by atoms with E-state index in [0.29, 0.717) is 0 Å². The highest BCUT2D eigenvalue weighted by Crippen LogP contribution is 2.32. The summed E-state index contributed by atoms with van der Waals surface area (Å²) in [4.78, 5) is 17.4. The molecule has 0 saturated heterocycles. The number of aryl methyl sites for hydroxylation is 2. The fraction of sp³-hybridized carbons (Fsp3) is 0.115. The van der Waals surface area contributed by atoms with Crippen molar-refractivity contribution in [2.24, 2.45) is 0 Å². The first-order valence-electron chi connectivity index (χ1n) is 10.4. The fourth-order valence-corrected chi connectivity index (χ4v) is 3.90. The van der Waals surface area contributed by atoms with E-state index in [-0.39, 0.29) is 18.1 Å². The van der Waals surface area contributed by atoms with E-state index in [1.54, 1.807) is 23.0 Å². The number of anilines is 1. The summed E-state index contributed by atoms with van der Waals surface area (Å²) in [5, 5.41) is 9.23. The summed E-state index contributed by atoms with van der Waals surface area (Å²) in [7, 11) is 0. The van der Waals surface area contributed by atoms with Gasteiger partial charge in [-0.1, -0.05) is 53.6 Å². The highest BCUT2D eigenvalue weighted by atomic mass is 19.1. The average molecular weight is 424 g/mol. The minimum atomic E-state index is -0.475. The molecule has 0 saturated carbocycles. The quantitative estimate of drug-likeness (QED) is 0.406. The molecule has 0 bridgehead atoms. The summed E-state index contributed by atoms with van der Waals surface area (Å²) < 4.78 is 15.7. The molecule has 0 aliphatic carbocycles. The molecule has 5 rings (SSSR count). The van der Waals surface area contributed by atoms with Gasteiger partial charge >= 0.3 is 0 Å². The van der Waals surface area contributed by atoms with Gasteiger partial charge in [-0.15, -0.1) is 0 Å². The number of fused-ring (bicyclic) bond motifs is 3. The lowest BCUT2D eigenvalue weighted by atomic mass is 10.0. The zero-order chi connectivity index (χ0) is 22.2. The van der Waals surface area contributed by atoms with Crippen LogP contribution in [0.3, 0.4) is 0 Å². The van der Waals surface area contributed by atoms with E-state index < -0.39 is 5.82 Å². The van der Waals surface area contributed by atoms with Gasteiger partial charge in [0.25, 0.3) is 0 Å². The Morgan fingerprint density at radius 3 is 2.50 bits per heavy atom. The molecule has 3 aromatic carbocycles. The highest BCUT2D eigenvalue weighted by molar-refractivity contribution is 6.08. The van der Waals surface area contributed by atoms with E-state index in [9.17, 15) is 9.18 Å². The van der Waals surface area contributed by atoms with Gasteiger partial charge in [0.2, 0.25) is 5.91 Å². The first-order chi connectivity index (χ1) is 15.5. The summed E-state index contributed by atoms with van der Waals surface area (Å²) in [5.41, 5.74) is 5.76. The van der Waals surface area contributed by atoms with E-state index in [4.69, 9.17) is 5.10 Å². The number of aromatic nitrogens is 3. The first kappa shape index (κ1) is 19.9. The Morgan fingerprint density at radius 1 is 0.969 bits per heavy atom. The third-order valence-corrected chi connectivity index (χ3v) is 5.50. The third kappa shape index (κ3) is 3.60. The second-order valence-corrected chi connectivity index (χ2v) is 7.94. The van der Waals surface area contributed by atoms with Crippen LogP contribution in [0.4, 0.5) is 10.1 Å². The normalized spacial score (nSPS) is 11.2. The number of nitrogens with zero attached hydrogens (tertiary/aromatic N) is 3. The largest absolute Gasteiger partial charge is 0.322 e. The molecule has 1 amide bonds. The van der Waals surface area contributed by atoms with Crippen molar-refractivity contribution in [3.63, 3.8) is 0 Å². The number of para-hydroxylation sites is 1. The van der Waals surface area contributed by atoms with Crippen LogP contribution in [0.2, 0.25) is 0 Å². The zero-order valence-electron chi connectivity index (χ0n) is 17.8. The van der Waals surface area contributed by atoms with Crippen molar-refractivity contribution >= 4 is 33.4 Å². The van der Waals surface area contributed by atoms with Crippen molar-refractivity contribution in [2.75, 3.05) is 5.32 Å². The van der Waals surface area contributed by atoms with Crippen LogP contribution in [0.1, 0.15) is 11.1 Å². The van der Waals surface area contributed by atoms with Crippen LogP contribution in [0.25, 0.3) is 33.1 Å². The van der Waals surface area contributed by atoms with Crippen LogP contribution in [0.15, 0.2) is 72.9 Å². The predicted molar refractivity (Wildman–Crippen MR) is 125 cm³/mol. The molecular formula is C26H21FN4O. The number of nitrogens with one attached hydrogen (secondary N) is 1. The van der Waals surface area contributed by atoms with Crippen LogP contribution in [0.5, 0.6) is 0 Å². The van der Waals surface area contributed by atoms with Gasteiger partial charge in [-0.25, -0.2) is 4.39 Å². The number of rotatable bonds is 4. The molecule has 32 heavy (non-hydrogen) atoms. The van der Waals surface area contributed by atoms with Crippen molar-refractivity contribution in [1.29, 1.82) is 0 Å². The fourth-order valence-electron chi connectivity index (χ4n) is 3.90.